The van der Waals surface area contributed by atoms with Crippen molar-refractivity contribution >= 4 is 17.6 Å². The highest BCUT2D eigenvalue weighted by molar-refractivity contribution is 5.99. The van der Waals surface area contributed by atoms with Gasteiger partial charge < -0.3 is 15.2 Å². The Morgan fingerprint density at radius 3 is 2.43 bits per heavy atom. The highest BCUT2D eigenvalue weighted by atomic mass is 19.4. The lowest BCUT2D eigenvalue weighted by Gasteiger charge is -2.32. The molecule has 3 aromatic carbocycles. The summed E-state index contributed by atoms with van der Waals surface area (Å²) < 4.78 is 59.9. The van der Waals surface area contributed by atoms with Gasteiger partial charge in [-0.15, -0.1) is 0 Å². The summed E-state index contributed by atoms with van der Waals surface area (Å²) in [5.74, 6) is -2.05. The molecule has 0 saturated heterocycles. The lowest BCUT2D eigenvalue weighted by atomic mass is 9.79. The molecule has 3 aromatic rings. The van der Waals surface area contributed by atoms with Crippen molar-refractivity contribution in [3.8, 4) is 0 Å². The summed E-state index contributed by atoms with van der Waals surface area (Å²) in [6.07, 6.45) is -4.41. The predicted molar refractivity (Wildman–Crippen MR) is 126 cm³/mol. The standard InChI is InChI=1S/C28H23F4NO4/c29-23-9-6-19(28(30,31)32)13-22(23)26(10-11-26)16-27(36,14-17-4-2-1-3-5-17)25(35)33-20-7-8-21-18(12-20)15-37-24(21)34/h1-9,12-13,36H,10-11,14-16H2,(H,33,35). The van der Waals surface area contributed by atoms with E-state index in [2.05, 4.69) is 5.32 Å². The number of esters is 1. The summed E-state index contributed by atoms with van der Waals surface area (Å²) in [6.45, 7) is 0.0596. The molecule has 1 amide bonds. The fraction of sp³-hybridized carbons (Fsp3) is 0.286. The van der Waals surface area contributed by atoms with Gasteiger partial charge in [0, 0.05) is 23.1 Å². The van der Waals surface area contributed by atoms with Crippen LogP contribution in [0.3, 0.4) is 0 Å². The van der Waals surface area contributed by atoms with Crippen molar-refractivity contribution in [3.05, 3.63) is 100 Å². The zero-order valence-electron chi connectivity index (χ0n) is 19.6. The number of aliphatic hydroxyl groups is 1. The topological polar surface area (TPSA) is 75.6 Å². The number of alkyl halides is 3. The first-order valence-electron chi connectivity index (χ1n) is 11.7. The van der Waals surface area contributed by atoms with Crippen LogP contribution in [0.25, 0.3) is 0 Å². The number of hydrogen-bond acceptors (Lipinski definition) is 4. The maximum Gasteiger partial charge on any atom is 0.416 e. The highest BCUT2D eigenvalue weighted by Gasteiger charge is 2.54. The number of hydrogen-bond donors (Lipinski definition) is 2. The first-order chi connectivity index (χ1) is 17.5. The van der Waals surface area contributed by atoms with Crippen molar-refractivity contribution in [1.82, 2.24) is 0 Å². The van der Waals surface area contributed by atoms with E-state index in [1.165, 1.54) is 12.1 Å². The Morgan fingerprint density at radius 1 is 1.03 bits per heavy atom. The van der Waals surface area contributed by atoms with E-state index in [4.69, 9.17) is 4.74 Å². The fourth-order valence-electron chi connectivity index (χ4n) is 4.98. The van der Waals surface area contributed by atoms with Gasteiger partial charge in [0.2, 0.25) is 0 Å². The number of carbonyl (C=O) groups is 2. The van der Waals surface area contributed by atoms with Crippen LogP contribution in [0.4, 0.5) is 23.2 Å². The summed E-state index contributed by atoms with van der Waals surface area (Å²) in [4.78, 5) is 25.2. The molecule has 1 aliphatic heterocycles. The minimum Gasteiger partial charge on any atom is -0.457 e. The molecule has 192 valence electrons. The van der Waals surface area contributed by atoms with Crippen molar-refractivity contribution in [2.24, 2.45) is 0 Å². The van der Waals surface area contributed by atoms with Crippen LogP contribution in [0.15, 0.2) is 66.7 Å². The second-order valence-corrected chi connectivity index (χ2v) is 9.75. The van der Waals surface area contributed by atoms with E-state index in [0.29, 0.717) is 41.3 Å². The van der Waals surface area contributed by atoms with Crippen molar-refractivity contribution in [3.63, 3.8) is 0 Å². The number of carbonyl (C=O) groups excluding carboxylic acids is 2. The van der Waals surface area contributed by atoms with Crippen molar-refractivity contribution in [2.45, 2.75) is 49.5 Å². The van der Waals surface area contributed by atoms with E-state index in [1.807, 2.05) is 0 Å². The molecule has 1 heterocycles. The number of fused-ring (bicyclic) bond motifs is 1. The number of ether oxygens (including phenoxy) is 1. The van der Waals surface area contributed by atoms with Gasteiger partial charge in [0.15, 0.2) is 0 Å². The minimum absolute atomic E-state index is 0.0596. The quantitative estimate of drug-likeness (QED) is 0.321. The Hall–Kier alpha value is -3.72. The molecule has 0 bridgehead atoms. The van der Waals surface area contributed by atoms with Gasteiger partial charge in [-0.05, 0) is 66.8 Å². The van der Waals surface area contributed by atoms with Crippen LogP contribution >= 0.6 is 0 Å². The monoisotopic (exact) mass is 513 g/mol. The van der Waals surface area contributed by atoms with Crippen molar-refractivity contribution in [1.29, 1.82) is 0 Å². The normalized spacial score (nSPS) is 17.5. The fourth-order valence-corrected chi connectivity index (χ4v) is 4.98. The van der Waals surface area contributed by atoms with Crippen LogP contribution < -0.4 is 5.32 Å². The largest absolute Gasteiger partial charge is 0.457 e. The molecular weight excluding hydrogens is 490 g/mol. The second kappa shape index (κ2) is 8.99. The van der Waals surface area contributed by atoms with Gasteiger partial charge in [-0.2, -0.15) is 13.2 Å². The van der Waals surface area contributed by atoms with Gasteiger partial charge in [0.05, 0.1) is 11.1 Å². The van der Waals surface area contributed by atoms with Crippen LogP contribution in [0.5, 0.6) is 0 Å². The van der Waals surface area contributed by atoms with Crippen LogP contribution in [0.1, 0.15) is 51.9 Å². The maximum absolute atomic E-state index is 14.8. The summed E-state index contributed by atoms with van der Waals surface area (Å²) >= 11 is 0. The van der Waals surface area contributed by atoms with Crippen molar-refractivity contribution in [2.75, 3.05) is 5.32 Å². The first-order valence-corrected chi connectivity index (χ1v) is 11.7. The lowest BCUT2D eigenvalue weighted by molar-refractivity contribution is -0.138. The Kier molecular flexibility index (Phi) is 6.06. The zero-order valence-corrected chi connectivity index (χ0v) is 19.6. The predicted octanol–water partition coefficient (Wildman–Crippen LogP) is 5.55. The summed E-state index contributed by atoms with van der Waals surface area (Å²) in [7, 11) is 0. The zero-order chi connectivity index (χ0) is 26.4. The highest BCUT2D eigenvalue weighted by Crippen LogP contribution is 2.55. The van der Waals surface area contributed by atoms with E-state index < -0.39 is 40.4 Å². The summed E-state index contributed by atoms with van der Waals surface area (Å²) in [5.41, 5.74) is -2.41. The molecule has 5 nitrogen and oxygen atoms in total. The number of amides is 1. The molecule has 1 unspecified atom stereocenters. The molecule has 1 aliphatic carbocycles. The molecule has 9 heteroatoms. The van der Waals surface area contributed by atoms with E-state index in [-0.39, 0.29) is 25.0 Å². The number of benzene rings is 3. The molecule has 0 aromatic heterocycles. The van der Waals surface area contributed by atoms with E-state index in [0.717, 1.165) is 12.1 Å². The molecule has 5 rings (SSSR count). The number of nitrogens with one attached hydrogen (secondary N) is 1. The van der Waals surface area contributed by atoms with Gasteiger partial charge >= 0.3 is 12.1 Å². The molecule has 2 N–H and O–H groups in total. The molecule has 1 atom stereocenters. The lowest BCUT2D eigenvalue weighted by Crippen LogP contribution is -2.47. The first kappa shape index (κ1) is 25.0. The van der Waals surface area contributed by atoms with Gasteiger partial charge in [-0.1, -0.05) is 30.3 Å². The van der Waals surface area contributed by atoms with Crippen LogP contribution in [0.2, 0.25) is 0 Å². The summed E-state index contributed by atoms with van der Waals surface area (Å²) in [5, 5.41) is 14.4. The third kappa shape index (κ3) is 4.96. The molecule has 0 radical (unpaired) electrons. The van der Waals surface area contributed by atoms with E-state index >= 15 is 0 Å². The number of anilines is 1. The molecular formula is C28H23F4NO4. The number of cyclic esters (lactones) is 1. The Bertz CT molecular complexity index is 1370. The second-order valence-electron chi connectivity index (χ2n) is 9.75. The van der Waals surface area contributed by atoms with E-state index in [1.54, 1.807) is 36.4 Å². The van der Waals surface area contributed by atoms with Gasteiger partial charge in [-0.3, -0.25) is 4.79 Å². The SMILES string of the molecule is O=C1OCc2cc(NC(=O)C(O)(Cc3ccccc3)CC3(c4cc(C(F)(F)F)ccc4F)CC3)ccc21. The van der Waals surface area contributed by atoms with Gasteiger partial charge in [0.25, 0.3) is 5.91 Å². The minimum atomic E-state index is -4.66. The smallest absolute Gasteiger partial charge is 0.416 e. The Morgan fingerprint density at radius 2 is 1.76 bits per heavy atom. The molecule has 2 aliphatic rings. The maximum atomic E-state index is 14.8. The van der Waals surface area contributed by atoms with Crippen LogP contribution in [0, 0.1) is 5.82 Å². The third-order valence-corrected chi connectivity index (χ3v) is 7.05. The third-order valence-electron chi connectivity index (χ3n) is 7.05. The molecule has 1 fully saturated rings. The molecule has 0 spiro atoms. The number of halogens is 4. The van der Waals surface area contributed by atoms with Gasteiger partial charge in [0.1, 0.15) is 18.0 Å². The molecule has 37 heavy (non-hydrogen) atoms. The van der Waals surface area contributed by atoms with Gasteiger partial charge in [-0.25, -0.2) is 9.18 Å². The Labute approximate surface area is 210 Å². The molecule has 1 saturated carbocycles. The van der Waals surface area contributed by atoms with Crippen LogP contribution in [-0.4, -0.2) is 22.6 Å². The van der Waals surface area contributed by atoms with E-state index in [9.17, 15) is 32.3 Å². The average molecular weight is 513 g/mol. The van der Waals surface area contributed by atoms with Crippen LogP contribution in [-0.2, 0) is 34.2 Å². The average Bonchev–Trinajstić information content (AvgIpc) is 3.53. The van der Waals surface area contributed by atoms with Crippen molar-refractivity contribution < 1.29 is 37.0 Å². The summed E-state index contributed by atoms with van der Waals surface area (Å²) in [6, 6.07) is 15.5. The Balaban J connectivity index is 1.47. The number of rotatable bonds is 7.